The molecule has 9 heteroatoms. The van der Waals surface area contributed by atoms with Crippen LogP contribution in [0.3, 0.4) is 0 Å². The molecule has 0 bridgehead atoms. The SMILES string of the molecule is Cc1cc(C)nc(NC2CCCCN(Cc3nn(C)c(=O)n3C)C2=O)n1. The largest absolute Gasteiger partial charge is 0.345 e. The quantitative estimate of drug-likeness (QED) is 0.855. The number of nitrogens with one attached hydrogen (secondary N) is 1. The average Bonchev–Trinajstić information content (AvgIpc) is 2.71. The lowest BCUT2D eigenvalue weighted by atomic mass is 10.1. The summed E-state index contributed by atoms with van der Waals surface area (Å²) in [6.07, 6.45) is 2.58. The van der Waals surface area contributed by atoms with Crippen molar-refractivity contribution in [2.75, 3.05) is 11.9 Å². The van der Waals surface area contributed by atoms with Gasteiger partial charge in [0.25, 0.3) is 0 Å². The van der Waals surface area contributed by atoms with E-state index in [1.807, 2.05) is 19.9 Å². The van der Waals surface area contributed by atoms with Crippen molar-refractivity contribution in [1.29, 1.82) is 0 Å². The number of hydrogen-bond acceptors (Lipinski definition) is 6. The molecule has 0 aromatic carbocycles. The topological polar surface area (TPSA) is 97.9 Å². The summed E-state index contributed by atoms with van der Waals surface area (Å²) in [6.45, 7) is 4.78. The molecule has 1 fully saturated rings. The second kappa shape index (κ2) is 7.27. The highest BCUT2D eigenvalue weighted by atomic mass is 16.2. The fourth-order valence-corrected chi connectivity index (χ4v) is 3.26. The van der Waals surface area contributed by atoms with Gasteiger partial charge in [0.1, 0.15) is 6.04 Å². The van der Waals surface area contributed by atoms with E-state index in [2.05, 4.69) is 20.4 Å². The molecule has 1 amide bonds. The van der Waals surface area contributed by atoms with E-state index in [0.717, 1.165) is 30.7 Å². The number of aryl methyl sites for hydroxylation is 3. The Balaban J connectivity index is 1.78. The number of amides is 1. The van der Waals surface area contributed by atoms with Crippen LogP contribution in [0.2, 0.25) is 0 Å². The highest BCUT2D eigenvalue weighted by molar-refractivity contribution is 5.84. The van der Waals surface area contributed by atoms with Gasteiger partial charge in [-0.25, -0.2) is 19.4 Å². The van der Waals surface area contributed by atoms with Crippen LogP contribution in [-0.2, 0) is 25.4 Å². The van der Waals surface area contributed by atoms with Gasteiger partial charge in [-0.3, -0.25) is 9.36 Å². The van der Waals surface area contributed by atoms with Crippen molar-refractivity contribution >= 4 is 11.9 Å². The third-order valence-electron chi connectivity index (χ3n) is 4.61. The molecule has 0 saturated carbocycles. The van der Waals surface area contributed by atoms with E-state index >= 15 is 0 Å². The first-order valence-electron chi connectivity index (χ1n) is 8.81. The predicted octanol–water partition coefficient (Wildman–Crippen LogP) is 0.519. The fraction of sp³-hybridized carbons (Fsp3) is 0.588. The Morgan fingerprint density at radius 1 is 1.15 bits per heavy atom. The molecule has 3 heterocycles. The van der Waals surface area contributed by atoms with Gasteiger partial charge in [-0.1, -0.05) is 0 Å². The number of hydrogen-bond donors (Lipinski definition) is 1. The molecule has 1 aliphatic rings. The third-order valence-corrected chi connectivity index (χ3v) is 4.61. The minimum Gasteiger partial charge on any atom is -0.342 e. The maximum absolute atomic E-state index is 13.0. The lowest BCUT2D eigenvalue weighted by Crippen LogP contribution is -2.42. The molecule has 1 atom stereocenters. The van der Waals surface area contributed by atoms with Crippen LogP contribution in [0.25, 0.3) is 0 Å². The number of aromatic nitrogens is 5. The van der Waals surface area contributed by atoms with Crippen molar-refractivity contribution < 1.29 is 4.79 Å². The molecule has 1 saturated heterocycles. The highest BCUT2D eigenvalue weighted by Gasteiger charge is 2.28. The summed E-state index contributed by atoms with van der Waals surface area (Å²) in [7, 11) is 3.28. The highest BCUT2D eigenvalue weighted by Crippen LogP contribution is 2.17. The third kappa shape index (κ3) is 3.76. The number of likely N-dealkylation sites (tertiary alicyclic amines) is 1. The molecule has 0 spiro atoms. The minimum absolute atomic E-state index is 0.0108. The van der Waals surface area contributed by atoms with Gasteiger partial charge in [0, 0.05) is 32.0 Å². The molecule has 9 nitrogen and oxygen atoms in total. The summed E-state index contributed by atoms with van der Waals surface area (Å²) in [4.78, 5) is 35.4. The standard InChI is InChI=1S/C17H25N7O2/c1-11-9-12(2)19-16(18-11)20-13-7-5-6-8-24(15(13)25)10-14-21-23(4)17(26)22(14)3/h9,13H,5-8,10H2,1-4H3,(H,18,19,20). The average molecular weight is 359 g/mol. The van der Waals surface area contributed by atoms with Crippen LogP contribution in [-0.4, -0.2) is 47.7 Å². The Labute approximate surface area is 152 Å². The number of carbonyl (C=O) groups excluding carboxylic acids is 1. The van der Waals surface area contributed by atoms with Gasteiger partial charge in [-0.15, -0.1) is 0 Å². The van der Waals surface area contributed by atoms with Crippen LogP contribution in [0.4, 0.5) is 5.95 Å². The van der Waals surface area contributed by atoms with Crippen molar-refractivity contribution in [2.45, 2.75) is 45.7 Å². The van der Waals surface area contributed by atoms with Crippen LogP contribution in [0.1, 0.15) is 36.5 Å². The van der Waals surface area contributed by atoms with E-state index in [9.17, 15) is 9.59 Å². The number of carbonyl (C=O) groups is 1. The second-order valence-corrected chi connectivity index (χ2v) is 6.81. The molecular weight excluding hydrogens is 334 g/mol. The lowest BCUT2D eigenvalue weighted by molar-refractivity contribution is -0.132. The Kier molecular flexibility index (Phi) is 5.06. The van der Waals surface area contributed by atoms with E-state index < -0.39 is 0 Å². The van der Waals surface area contributed by atoms with E-state index in [-0.39, 0.29) is 17.6 Å². The summed E-state index contributed by atoms with van der Waals surface area (Å²) in [6, 6.07) is 1.52. The first-order chi connectivity index (χ1) is 12.3. The molecule has 2 aromatic heterocycles. The molecule has 0 aliphatic carbocycles. The van der Waals surface area contributed by atoms with Gasteiger partial charge >= 0.3 is 5.69 Å². The van der Waals surface area contributed by atoms with Gasteiger partial charge in [-0.2, -0.15) is 5.10 Å². The molecule has 2 aromatic rings. The molecule has 1 unspecified atom stereocenters. The molecule has 0 radical (unpaired) electrons. The van der Waals surface area contributed by atoms with E-state index in [4.69, 9.17) is 0 Å². The van der Waals surface area contributed by atoms with Crippen molar-refractivity contribution in [3.8, 4) is 0 Å². The van der Waals surface area contributed by atoms with Crippen LogP contribution in [0.15, 0.2) is 10.9 Å². The first kappa shape index (κ1) is 18.1. The van der Waals surface area contributed by atoms with Crippen molar-refractivity contribution in [2.24, 2.45) is 14.1 Å². The zero-order valence-electron chi connectivity index (χ0n) is 15.7. The molecule has 1 N–H and O–H groups in total. The van der Waals surface area contributed by atoms with Gasteiger partial charge in [0.05, 0.1) is 6.54 Å². The van der Waals surface area contributed by atoms with Gasteiger partial charge in [0.15, 0.2) is 5.82 Å². The Bertz CT molecular complexity index is 850. The van der Waals surface area contributed by atoms with Gasteiger partial charge in [0.2, 0.25) is 11.9 Å². The molecule has 140 valence electrons. The maximum atomic E-state index is 13.0. The van der Waals surface area contributed by atoms with E-state index in [1.54, 1.807) is 19.0 Å². The van der Waals surface area contributed by atoms with E-state index in [1.165, 1.54) is 9.25 Å². The van der Waals surface area contributed by atoms with Crippen LogP contribution < -0.4 is 11.0 Å². The van der Waals surface area contributed by atoms with Crippen molar-refractivity contribution in [3.63, 3.8) is 0 Å². The summed E-state index contributed by atoms with van der Waals surface area (Å²) in [5.41, 5.74) is 1.53. The number of rotatable bonds is 4. The summed E-state index contributed by atoms with van der Waals surface area (Å²) < 4.78 is 2.77. The number of nitrogens with zero attached hydrogens (tertiary/aromatic N) is 6. The van der Waals surface area contributed by atoms with Crippen molar-refractivity contribution in [1.82, 2.24) is 29.2 Å². The Morgan fingerprint density at radius 2 is 1.85 bits per heavy atom. The zero-order chi connectivity index (χ0) is 18.8. The van der Waals surface area contributed by atoms with E-state index in [0.29, 0.717) is 24.9 Å². The molecule has 1 aliphatic heterocycles. The number of anilines is 1. The van der Waals surface area contributed by atoms with Gasteiger partial charge < -0.3 is 10.2 Å². The lowest BCUT2D eigenvalue weighted by Gasteiger charge is -2.24. The molecular formula is C17H25N7O2. The van der Waals surface area contributed by atoms with Crippen LogP contribution >= 0.6 is 0 Å². The second-order valence-electron chi connectivity index (χ2n) is 6.81. The smallest absolute Gasteiger partial charge is 0.342 e. The van der Waals surface area contributed by atoms with Crippen LogP contribution in [0.5, 0.6) is 0 Å². The monoisotopic (exact) mass is 359 g/mol. The van der Waals surface area contributed by atoms with Crippen molar-refractivity contribution in [3.05, 3.63) is 33.8 Å². The molecule has 26 heavy (non-hydrogen) atoms. The minimum atomic E-state index is -0.376. The molecule has 3 rings (SSSR count). The maximum Gasteiger partial charge on any atom is 0.345 e. The fourth-order valence-electron chi connectivity index (χ4n) is 3.26. The zero-order valence-corrected chi connectivity index (χ0v) is 15.7. The van der Waals surface area contributed by atoms with Gasteiger partial charge in [-0.05, 0) is 39.2 Å². The Hall–Kier alpha value is -2.71. The predicted molar refractivity (Wildman–Crippen MR) is 96.6 cm³/mol. The summed E-state index contributed by atoms with van der Waals surface area (Å²) in [5, 5.41) is 7.42. The normalized spacial score (nSPS) is 18.1. The van der Waals surface area contributed by atoms with Crippen LogP contribution in [0, 0.1) is 13.8 Å². The first-order valence-corrected chi connectivity index (χ1v) is 8.81. The summed E-state index contributed by atoms with van der Waals surface area (Å²) in [5.74, 6) is 1.05. The Morgan fingerprint density at radius 3 is 2.46 bits per heavy atom. The summed E-state index contributed by atoms with van der Waals surface area (Å²) >= 11 is 0.